The lowest BCUT2D eigenvalue weighted by atomic mass is 9.68. The molecule has 25 heavy (non-hydrogen) atoms. The van der Waals surface area contributed by atoms with Crippen LogP contribution in [0.4, 0.5) is 0 Å². The van der Waals surface area contributed by atoms with Gasteiger partial charge in [-0.3, -0.25) is 35.2 Å². The van der Waals surface area contributed by atoms with Crippen molar-refractivity contribution in [3.05, 3.63) is 43.5 Å². The Balaban J connectivity index is 2.09. The Morgan fingerprint density at radius 1 is 1.20 bits per heavy atom. The number of nitro groups is 2. The van der Waals surface area contributed by atoms with E-state index in [2.05, 4.69) is 10.4 Å². The van der Waals surface area contributed by atoms with Crippen molar-refractivity contribution in [1.29, 1.82) is 0 Å². The van der Waals surface area contributed by atoms with Crippen molar-refractivity contribution in [3.63, 3.8) is 0 Å². The number of hydrogen-bond acceptors (Lipinski definition) is 9. The molecule has 1 fully saturated rings. The zero-order valence-corrected chi connectivity index (χ0v) is 13.5. The molecule has 1 aliphatic carbocycles. The smallest absolute Gasteiger partial charge is 0.299 e. The quantitative estimate of drug-likeness (QED) is 0.437. The molecule has 11 nitrogen and oxygen atoms in total. The van der Waals surface area contributed by atoms with E-state index in [0.29, 0.717) is 0 Å². The highest BCUT2D eigenvalue weighted by molar-refractivity contribution is 6.06. The number of carbonyl (C=O) groups excluding carboxylic acids is 2. The monoisotopic (exact) mass is 349 g/mol. The maximum Gasteiger partial charge on any atom is 0.319 e. The van der Waals surface area contributed by atoms with Crippen molar-refractivity contribution in [2.75, 3.05) is 0 Å². The molecule has 0 saturated heterocycles. The van der Waals surface area contributed by atoms with Crippen molar-refractivity contribution < 1.29 is 19.4 Å². The molecule has 0 aromatic heterocycles. The molecule has 1 saturated carbocycles. The number of carbonyl (C=O) groups is 2. The van der Waals surface area contributed by atoms with Crippen molar-refractivity contribution in [2.24, 2.45) is 16.3 Å². The van der Waals surface area contributed by atoms with Crippen molar-refractivity contribution >= 4 is 17.9 Å². The average molecular weight is 349 g/mol. The molecule has 1 atom stereocenters. The number of aliphatic imine (C=N–C) groups is 1. The number of allylic oxidation sites excluding steroid dienone is 1. The first-order valence-electron chi connectivity index (χ1n) is 7.50. The van der Waals surface area contributed by atoms with Gasteiger partial charge in [-0.2, -0.15) is 0 Å². The largest absolute Gasteiger partial charge is 0.319 e. The molecule has 132 valence electrons. The fourth-order valence-electron chi connectivity index (χ4n) is 3.47. The minimum absolute atomic E-state index is 0.0980. The number of rotatable bonds is 3. The number of Topliss-reactive ketones (excluding diaryl/α,β-unsaturated/α-hetero) is 2. The van der Waals surface area contributed by atoms with Gasteiger partial charge in [-0.25, -0.2) is 10.0 Å². The molecular formula is C14H15N5O6. The summed E-state index contributed by atoms with van der Waals surface area (Å²) in [7, 11) is 0. The SMILES string of the molecule is CC1(C)CC(=O)C(C2C([N+](=O)[O-])=CC([N+](=O)[O-])=C3N=CNN32)C(=O)C1. The van der Waals surface area contributed by atoms with Crippen LogP contribution in [0.5, 0.6) is 0 Å². The van der Waals surface area contributed by atoms with Crippen LogP contribution in [-0.2, 0) is 9.59 Å². The zero-order valence-electron chi connectivity index (χ0n) is 13.5. The Morgan fingerprint density at radius 2 is 1.80 bits per heavy atom. The van der Waals surface area contributed by atoms with Gasteiger partial charge in [0.15, 0.2) is 6.04 Å². The highest BCUT2D eigenvalue weighted by Crippen LogP contribution is 2.40. The highest BCUT2D eigenvalue weighted by Gasteiger charge is 2.54. The van der Waals surface area contributed by atoms with Gasteiger partial charge in [0.1, 0.15) is 23.8 Å². The molecule has 11 heteroatoms. The summed E-state index contributed by atoms with van der Waals surface area (Å²) >= 11 is 0. The summed E-state index contributed by atoms with van der Waals surface area (Å²) in [5.74, 6) is -2.28. The first-order valence-corrected chi connectivity index (χ1v) is 7.50. The van der Waals surface area contributed by atoms with Gasteiger partial charge in [-0.05, 0) is 5.41 Å². The lowest BCUT2D eigenvalue weighted by molar-refractivity contribution is -0.445. The molecule has 1 N–H and O–H groups in total. The van der Waals surface area contributed by atoms with E-state index in [1.807, 2.05) is 0 Å². The first-order chi connectivity index (χ1) is 11.6. The van der Waals surface area contributed by atoms with E-state index < -0.39 is 50.2 Å². The molecule has 1 unspecified atom stereocenters. The van der Waals surface area contributed by atoms with Crippen LogP contribution >= 0.6 is 0 Å². The number of ketones is 2. The molecule has 0 aromatic carbocycles. The third-order valence-electron chi connectivity index (χ3n) is 4.43. The summed E-state index contributed by atoms with van der Waals surface area (Å²) in [6.45, 7) is 3.55. The summed E-state index contributed by atoms with van der Waals surface area (Å²) in [5.41, 5.74) is 0.898. The summed E-state index contributed by atoms with van der Waals surface area (Å²) in [6, 6.07) is -1.28. The Morgan fingerprint density at radius 3 is 2.32 bits per heavy atom. The predicted molar refractivity (Wildman–Crippen MR) is 82.9 cm³/mol. The van der Waals surface area contributed by atoms with E-state index in [9.17, 15) is 29.8 Å². The van der Waals surface area contributed by atoms with Crippen LogP contribution in [0.3, 0.4) is 0 Å². The van der Waals surface area contributed by atoms with E-state index in [0.717, 1.165) is 17.4 Å². The van der Waals surface area contributed by atoms with Gasteiger partial charge in [0.2, 0.25) is 5.82 Å². The Labute approximate surface area is 141 Å². The summed E-state index contributed by atoms with van der Waals surface area (Å²) in [5, 5.41) is 23.7. The summed E-state index contributed by atoms with van der Waals surface area (Å²) in [6.07, 6.45) is 2.10. The highest BCUT2D eigenvalue weighted by atomic mass is 16.6. The van der Waals surface area contributed by atoms with E-state index in [4.69, 9.17) is 0 Å². The lowest BCUT2D eigenvalue weighted by Gasteiger charge is -2.38. The molecular weight excluding hydrogens is 334 g/mol. The number of hydrazine groups is 1. The van der Waals surface area contributed by atoms with Crippen LogP contribution < -0.4 is 5.43 Å². The maximum atomic E-state index is 12.6. The topological polar surface area (TPSA) is 148 Å². The van der Waals surface area contributed by atoms with Gasteiger partial charge < -0.3 is 0 Å². The van der Waals surface area contributed by atoms with E-state index >= 15 is 0 Å². The Kier molecular flexibility index (Phi) is 3.66. The third kappa shape index (κ3) is 2.66. The first kappa shape index (κ1) is 16.7. The van der Waals surface area contributed by atoms with Gasteiger partial charge >= 0.3 is 5.70 Å². The van der Waals surface area contributed by atoms with Crippen molar-refractivity contribution in [1.82, 2.24) is 10.4 Å². The molecule has 2 aliphatic heterocycles. The van der Waals surface area contributed by atoms with Gasteiger partial charge in [0, 0.05) is 12.8 Å². The van der Waals surface area contributed by atoms with Crippen molar-refractivity contribution in [2.45, 2.75) is 32.7 Å². The lowest BCUT2D eigenvalue weighted by Crippen LogP contribution is -2.55. The summed E-state index contributed by atoms with van der Waals surface area (Å²) in [4.78, 5) is 50.0. The van der Waals surface area contributed by atoms with Crippen LogP contribution in [0.1, 0.15) is 26.7 Å². The maximum absolute atomic E-state index is 12.6. The number of nitrogens with one attached hydrogen (secondary N) is 1. The van der Waals surface area contributed by atoms with E-state index in [1.165, 1.54) is 0 Å². The van der Waals surface area contributed by atoms with Gasteiger partial charge in [0.05, 0.1) is 15.9 Å². The Bertz CT molecular complexity index is 776. The molecule has 0 aromatic rings. The van der Waals surface area contributed by atoms with Crippen LogP contribution in [-0.4, -0.2) is 38.8 Å². The predicted octanol–water partition coefficient (Wildman–Crippen LogP) is 0.398. The van der Waals surface area contributed by atoms with E-state index in [-0.39, 0.29) is 18.7 Å². The van der Waals surface area contributed by atoms with Crippen LogP contribution in [0.25, 0.3) is 0 Å². The van der Waals surface area contributed by atoms with Crippen LogP contribution in [0.15, 0.2) is 28.3 Å². The van der Waals surface area contributed by atoms with E-state index in [1.54, 1.807) is 13.8 Å². The number of hydrogen-bond donors (Lipinski definition) is 1. The van der Waals surface area contributed by atoms with Gasteiger partial charge in [0.25, 0.3) is 5.70 Å². The average Bonchev–Trinajstić information content (AvgIpc) is 2.93. The molecule has 0 spiro atoms. The van der Waals surface area contributed by atoms with Gasteiger partial charge in [-0.1, -0.05) is 13.8 Å². The minimum Gasteiger partial charge on any atom is -0.299 e. The third-order valence-corrected chi connectivity index (χ3v) is 4.43. The Hall–Kier alpha value is -3.11. The van der Waals surface area contributed by atoms with Crippen LogP contribution in [0.2, 0.25) is 0 Å². The molecule has 0 amide bonds. The molecule has 3 rings (SSSR count). The molecule has 0 radical (unpaired) electrons. The fraction of sp³-hybridized carbons (Fsp3) is 0.500. The molecule has 3 aliphatic rings. The zero-order chi connectivity index (χ0) is 18.5. The van der Waals surface area contributed by atoms with Crippen LogP contribution in [0, 0.1) is 31.6 Å². The summed E-state index contributed by atoms with van der Waals surface area (Å²) < 4.78 is 0. The standard InChI is InChI=1S/C14H15N5O6/c1-14(2)4-9(20)11(10(21)5-14)12-7(18(22)23)3-8(19(24)25)13-15-6-16-17(12)13/h3,6,11-12H,4-5H2,1-2H3,(H,15,16). The van der Waals surface area contributed by atoms with Crippen molar-refractivity contribution in [3.8, 4) is 0 Å². The second-order valence-corrected chi connectivity index (χ2v) is 6.92. The second-order valence-electron chi connectivity index (χ2n) is 6.92. The number of nitrogens with zero attached hydrogens (tertiary/aromatic N) is 4. The number of fused-ring (bicyclic) bond motifs is 1. The second kappa shape index (κ2) is 5.46. The normalized spacial score (nSPS) is 25.6. The molecule has 0 bridgehead atoms. The van der Waals surface area contributed by atoms with Gasteiger partial charge in [-0.15, -0.1) is 0 Å². The minimum atomic E-state index is -1.28. The molecule has 2 heterocycles. The fourth-order valence-corrected chi connectivity index (χ4v) is 3.47.